The van der Waals surface area contributed by atoms with Crippen molar-refractivity contribution < 1.29 is 9.13 Å². The van der Waals surface area contributed by atoms with Gasteiger partial charge in [-0.3, -0.25) is 0 Å². The molecule has 2 rings (SSSR count). The molecular weight excluding hydrogens is 325 g/mol. The Morgan fingerprint density at radius 1 is 1.35 bits per heavy atom. The molecule has 0 aliphatic rings. The maximum absolute atomic E-state index is 13.2. The zero-order chi connectivity index (χ0) is 14.5. The predicted molar refractivity (Wildman–Crippen MR) is 79.4 cm³/mol. The maximum atomic E-state index is 13.2. The van der Waals surface area contributed by atoms with Crippen LogP contribution in [0.25, 0.3) is 0 Å². The first-order valence-electron chi connectivity index (χ1n) is 6.24. The van der Waals surface area contributed by atoms with Crippen molar-refractivity contribution in [2.24, 2.45) is 0 Å². The summed E-state index contributed by atoms with van der Waals surface area (Å²) < 4.78 is 19.5. The molecule has 0 amide bonds. The van der Waals surface area contributed by atoms with Crippen LogP contribution in [-0.4, -0.2) is 16.6 Å². The van der Waals surface area contributed by atoms with Gasteiger partial charge in [-0.25, -0.2) is 14.4 Å². The topological polar surface area (TPSA) is 47.0 Å². The van der Waals surface area contributed by atoms with E-state index in [4.69, 9.17) is 4.74 Å². The number of nitrogens with one attached hydrogen (secondary N) is 1. The molecule has 0 saturated heterocycles. The van der Waals surface area contributed by atoms with E-state index < -0.39 is 0 Å². The van der Waals surface area contributed by atoms with Crippen LogP contribution in [0.1, 0.15) is 18.1 Å². The van der Waals surface area contributed by atoms with E-state index >= 15 is 0 Å². The average molecular weight is 340 g/mol. The summed E-state index contributed by atoms with van der Waals surface area (Å²) in [7, 11) is 0. The highest BCUT2D eigenvalue weighted by Gasteiger charge is 2.08. The summed E-state index contributed by atoms with van der Waals surface area (Å²) >= 11 is 3.40. The van der Waals surface area contributed by atoms with Crippen molar-refractivity contribution in [3.63, 3.8) is 0 Å². The Balaban J connectivity index is 2.14. The van der Waals surface area contributed by atoms with Gasteiger partial charge in [-0.1, -0.05) is 15.9 Å². The van der Waals surface area contributed by atoms with Gasteiger partial charge in [0.25, 0.3) is 0 Å². The number of hydrogen-bond donors (Lipinski definition) is 1. The van der Waals surface area contributed by atoms with Crippen LogP contribution in [0, 0.1) is 12.7 Å². The molecule has 20 heavy (non-hydrogen) atoms. The van der Waals surface area contributed by atoms with Gasteiger partial charge in [0.05, 0.1) is 12.2 Å². The minimum absolute atomic E-state index is 0.264. The second-order valence-corrected chi connectivity index (χ2v) is 5.03. The molecule has 2 aromatic rings. The quantitative estimate of drug-likeness (QED) is 0.902. The second kappa shape index (κ2) is 6.65. The fourth-order valence-electron chi connectivity index (χ4n) is 1.75. The van der Waals surface area contributed by atoms with Crippen LogP contribution >= 0.6 is 15.9 Å². The van der Waals surface area contributed by atoms with Crippen LogP contribution < -0.4 is 10.1 Å². The third-order valence-corrected chi connectivity index (χ3v) is 3.55. The number of halogens is 2. The predicted octanol–water partition coefficient (Wildman–Crippen LogP) is 3.70. The molecule has 0 aliphatic carbocycles. The maximum Gasteiger partial charge on any atom is 0.221 e. The lowest BCUT2D eigenvalue weighted by molar-refractivity contribution is 0.324. The SMILES string of the molecule is CCOc1ncnc(NCc2cc(F)ccc2Br)c1C. The molecule has 0 aliphatic heterocycles. The highest BCUT2D eigenvalue weighted by Crippen LogP contribution is 2.23. The van der Waals surface area contributed by atoms with Crippen molar-refractivity contribution in [3.05, 3.63) is 45.9 Å². The molecule has 0 bridgehead atoms. The average Bonchev–Trinajstić information content (AvgIpc) is 2.43. The third kappa shape index (κ3) is 3.45. The van der Waals surface area contributed by atoms with Crippen molar-refractivity contribution in [3.8, 4) is 5.88 Å². The number of ether oxygens (including phenoxy) is 1. The fourth-order valence-corrected chi connectivity index (χ4v) is 2.14. The lowest BCUT2D eigenvalue weighted by atomic mass is 10.2. The Morgan fingerprint density at radius 2 is 2.15 bits per heavy atom. The molecule has 1 N–H and O–H groups in total. The summed E-state index contributed by atoms with van der Waals surface area (Å²) in [5.41, 5.74) is 1.66. The number of benzene rings is 1. The van der Waals surface area contributed by atoms with E-state index in [2.05, 4.69) is 31.2 Å². The van der Waals surface area contributed by atoms with Crippen molar-refractivity contribution >= 4 is 21.7 Å². The first kappa shape index (κ1) is 14.7. The van der Waals surface area contributed by atoms with E-state index in [1.54, 1.807) is 6.07 Å². The molecule has 0 radical (unpaired) electrons. The van der Waals surface area contributed by atoms with Crippen LogP contribution in [0.5, 0.6) is 5.88 Å². The van der Waals surface area contributed by atoms with Crippen LogP contribution in [0.15, 0.2) is 29.0 Å². The number of hydrogen-bond acceptors (Lipinski definition) is 4. The summed E-state index contributed by atoms with van der Waals surface area (Å²) in [6.45, 7) is 4.79. The minimum Gasteiger partial charge on any atom is -0.478 e. The minimum atomic E-state index is -0.264. The monoisotopic (exact) mass is 339 g/mol. The Kier molecular flexibility index (Phi) is 4.89. The third-order valence-electron chi connectivity index (χ3n) is 2.77. The largest absolute Gasteiger partial charge is 0.478 e. The number of nitrogens with zero attached hydrogens (tertiary/aromatic N) is 2. The van der Waals surface area contributed by atoms with Gasteiger partial charge in [0, 0.05) is 11.0 Å². The van der Waals surface area contributed by atoms with E-state index in [-0.39, 0.29) is 5.82 Å². The number of rotatable bonds is 5. The van der Waals surface area contributed by atoms with Crippen molar-refractivity contribution in [1.82, 2.24) is 9.97 Å². The van der Waals surface area contributed by atoms with Gasteiger partial charge in [0.15, 0.2) is 0 Å². The standard InChI is InChI=1S/C14H15BrFN3O/c1-3-20-14-9(2)13(18-8-19-14)17-7-10-6-11(16)4-5-12(10)15/h4-6,8H,3,7H2,1-2H3,(H,17,18,19). The van der Waals surface area contributed by atoms with Crippen LogP contribution in [0.3, 0.4) is 0 Å². The van der Waals surface area contributed by atoms with Crippen molar-refractivity contribution in [2.75, 3.05) is 11.9 Å². The molecule has 1 aromatic heterocycles. The highest BCUT2D eigenvalue weighted by molar-refractivity contribution is 9.10. The van der Waals surface area contributed by atoms with E-state index in [0.29, 0.717) is 24.8 Å². The molecule has 0 saturated carbocycles. The van der Waals surface area contributed by atoms with E-state index in [1.807, 2.05) is 13.8 Å². The summed E-state index contributed by atoms with van der Waals surface area (Å²) in [5.74, 6) is 0.974. The smallest absolute Gasteiger partial charge is 0.221 e. The van der Waals surface area contributed by atoms with E-state index in [1.165, 1.54) is 18.5 Å². The number of anilines is 1. The van der Waals surface area contributed by atoms with Gasteiger partial charge < -0.3 is 10.1 Å². The lowest BCUT2D eigenvalue weighted by Crippen LogP contribution is -2.06. The van der Waals surface area contributed by atoms with Crippen molar-refractivity contribution in [2.45, 2.75) is 20.4 Å². The molecule has 4 nitrogen and oxygen atoms in total. The van der Waals surface area contributed by atoms with Crippen LogP contribution in [0.4, 0.5) is 10.2 Å². The summed E-state index contributed by atoms with van der Waals surface area (Å²) in [6, 6.07) is 4.58. The Bertz CT molecular complexity index is 607. The molecule has 1 heterocycles. The van der Waals surface area contributed by atoms with Gasteiger partial charge in [0.2, 0.25) is 5.88 Å². The van der Waals surface area contributed by atoms with Crippen LogP contribution in [-0.2, 0) is 6.54 Å². The summed E-state index contributed by atoms with van der Waals surface area (Å²) in [5, 5.41) is 3.17. The lowest BCUT2D eigenvalue weighted by Gasteiger charge is -2.12. The Morgan fingerprint density at radius 3 is 2.90 bits per heavy atom. The van der Waals surface area contributed by atoms with Gasteiger partial charge in [-0.05, 0) is 37.6 Å². The van der Waals surface area contributed by atoms with Crippen molar-refractivity contribution in [1.29, 1.82) is 0 Å². The fraction of sp³-hybridized carbons (Fsp3) is 0.286. The Hall–Kier alpha value is -1.69. The van der Waals surface area contributed by atoms with Crippen LogP contribution in [0.2, 0.25) is 0 Å². The molecule has 1 aromatic carbocycles. The highest BCUT2D eigenvalue weighted by atomic mass is 79.9. The second-order valence-electron chi connectivity index (χ2n) is 4.17. The summed E-state index contributed by atoms with van der Waals surface area (Å²) in [6.07, 6.45) is 1.45. The van der Waals surface area contributed by atoms with Gasteiger partial charge in [-0.15, -0.1) is 0 Å². The van der Waals surface area contributed by atoms with Gasteiger partial charge >= 0.3 is 0 Å². The molecule has 0 fully saturated rings. The zero-order valence-electron chi connectivity index (χ0n) is 11.3. The van der Waals surface area contributed by atoms with E-state index in [9.17, 15) is 4.39 Å². The molecule has 106 valence electrons. The normalized spacial score (nSPS) is 10.4. The summed E-state index contributed by atoms with van der Waals surface area (Å²) in [4.78, 5) is 8.25. The molecule has 6 heteroatoms. The zero-order valence-corrected chi connectivity index (χ0v) is 12.9. The first-order valence-corrected chi connectivity index (χ1v) is 7.03. The molecular formula is C14H15BrFN3O. The van der Waals surface area contributed by atoms with Gasteiger partial charge in [-0.2, -0.15) is 0 Å². The molecule has 0 unspecified atom stereocenters. The molecule has 0 spiro atoms. The van der Waals surface area contributed by atoms with Gasteiger partial charge in [0.1, 0.15) is 18.0 Å². The first-order chi connectivity index (χ1) is 9.61. The van der Waals surface area contributed by atoms with E-state index in [0.717, 1.165) is 15.6 Å². The Labute approximate surface area is 125 Å². The molecule has 0 atom stereocenters. The number of aromatic nitrogens is 2.